The fourth-order valence-corrected chi connectivity index (χ4v) is 3.14. The van der Waals surface area contributed by atoms with E-state index >= 15 is 0 Å². The molecular weight excluding hydrogens is 377 g/mol. The monoisotopic (exact) mass is 391 g/mol. The number of nitrogens with one attached hydrogen (secondary N) is 1. The molecule has 1 N–H and O–H groups in total. The van der Waals surface area contributed by atoms with Gasteiger partial charge in [-0.1, -0.05) is 30.1 Å². The molecule has 4 rings (SSSR count). The standard InChI is InChI=1S/C18H15Cl2N3O3/c1-2-3-16(24)22-17-18(25-26-18)23(13-7-4-11(19)5-8-13)15-9-6-12(20)10-14(15)21-17/h4-10H,2-3H2,1H3,(H,21,22,24). The number of carbonyl (C=O) groups is 1. The summed E-state index contributed by atoms with van der Waals surface area (Å²) in [4.78, 5) is 29.1. The lowest BCUT2D eigenvalue weighted by atomic mass is 10.1. The van der Waals surface area contributed by atoms with Crippen molar-refractivity contribution < 1.29 is 14.6 Å². The van der Waals surface area contributed by atoms with Crippen LogP contribution >= 0.6 is 23.2 Å². The molecule has 8 heteroatoms. The quantitative estimate of drug-likeness (QED) is 0.607. The van der Waals surface area contributed by atoms with Gasteiger partial charge in [0.25, 0.3) is 0 Å². The summed E-state index contributed by atoms with van der Waals surface area (Å²) in [6, 6.07) is 12.5. The number of anilines is 2. The van der Waals surface area contributed by atoms with E-state index < -0.39 is 5.91 Å². The van der Waals surface area contributed by atoms with Crippen molar-refractivity contribution in [1.82, 2.24) is 5.32 Å². The number of carbonyl (C=O) groups excluding carboxylic acids is 1. The van der Waals surface area contributed by atoms with Gasteiger partial charge in [-0.15, -0.1) is 0 Å². The minimum Gasteiger partial charge on any atom is -0.308 e. The van der Waals surface area contributed by atoms with E-state index in [1.807, 2.05) is 30.0 Å². The predicted molar refractivity (Wildman–Crippen MR) is 100 cm³/mol. The second-order valence-electron chi connectivity index (χ2n) is 5.95. The van der Waals surface area contributed by atoms with Crippen LogP contribution in [0.5, 0.6) is 0 Å². The fourth-order valence-electron chi connectivity index (χ4n) is 2.85. The predicted octanol–water partition coefficient (Wildman–Crippen LogP) is 4.71. The first kappa shape index (κ1) is 17.3. The van der Waals surface area contributed by atoms with Crippen molar-refractivity contribution in [2.75, 3.05) is 4.90 Å². The molecule has 26 heavy (non-hydrogen) atoms. The lowest BCUT2D eigenvalue weighted by Crippen LogP contribution is -2.51. The Morgan fingerprint density at radius 2 is 1.85 bits per heavy atom. The first-order chi connectivity index (χ1) is 12.5. The molecule has 6 nitrogen and oxygen atoms in total. The minimum absolute atomic E-state index is 0.161. The van der Waals surface area contributed by atoms with E-state index in [0.717, 1.165) is 17.8 Å². The van der Waals surface area contributed by atoms with Gasteiger partial charge in [0.15, 0.2) is 5.84 Å². The summed E-state index contributed by atoms with van der Waals surface area (Å²) in [7, 11) is 0. The van der Waals surface area contributed by atoms with Gasteiger partial charge in [0, 0.05) is 22.2 Å². The maximum atomic E-state index is 12.1. The number of benzene rings is 2. The molecule has 0 atom stereocenters. The number of halogens is 2. The van der Waals surface area contributed by atoms with Crippen LogP contribution < -0.4 is 10.2 Å². The molecule has 0 aliphatic carbocycles. The maximum Gasteiger partial charge on any atom is 0.373 e. The summed E-state index contributed by atoms with van der Waals surface area (Å²) in [5.74, 6) is -1.20. The molecule has 2 aromatic carbocycles. The smallest absolute Gasteiger partial charge is 0.308 e. The number of hydrogen-bond acceptors (Lipinski definition) is 5. The molecule has 2 aliphatic rings. The Bertz CT molecular complexity index is 895. The van der Waals surface area contributed by atoms with Gasteiger partial charge >= 0.3 is 5.91 Å². The minimum atomic E-state index is -1.31. The van der Waals surface area contributed by atoms with E-state index in [1.165, 1.54) is 0 Å². The Labute approximate surface area is 160 Å². The number of fused-ring (bicyclic) bond motifs is 1. The van der Waals surface area contributed by atoms with E-state index in [2.05, 4.69) is 10.3 Å². The molecular formula is C18H15Cl2N3O3. The topological polar surface area (TPSA) is 69.8 Å². The van der Waals surface area contributed by atoms with Crippen molar-refractivity contribution in [3.63, 3.8) is 0 Å². The Balaban J connectivity index is 1.82. The van der Waals surface area contributed by atoms with Crippen LogP contribution in [0.25, 0.3) is 0 Å². The van der Waals surface area contributed by atoms with Gasteiger partial charge in [0.2, 0.25) is 5.91 Å². The molecule has 0 aromatic heterocycles. The van der Waals surface area contributed by atoms with Crippen molar-refractivity contribution in [3.05, 3.63) is 52.5 Å². The molecule has 1 spiro atoms. The highest BCUT2D eigenvalue weighted by molar-refractivity contribution is 6.31. The Kier molecular flexibility index (Phi) is 4.36. The summed E-state index contributed by atoms with van der Waals surface area (Å²) in [5.41, 5.74) is 2.11. The molecule has 2 aliphatic heterocycles. The van der Waals surface area contributed by atoms with Crippen molar-refractivity contribution in [2.45, 2.75) is 25.7 Å². The summed E-state index contributed by atoms with van der Waals surface area (Å²) in [6.07, 6.45) is 1.09. The summed E-state index contributed by atoms with van der Waals surface area (Å²) >= 11 is 12.1. The molecule has 2 heterocycles. The molecule has 134 valence electrons. The number of aliphatic imine (C=N–C) groups is 1. The lowest BCUT2D eigenvalue weighted by molar-refractivity contribution is -0.119. The number of rotatable bonds is 3. The molecule has 0 bridgehead atoms. The molecule has 1 amide bonds. The van der Waals surface area contributed by atoms with Gasteiger partial charge in [-0.2, -0.15) is 9.78 Å². The van der Waals surface area contributed by atoms with E-state index in [1.54, 1.807) is 24.3 Å². The highest BCUT2D eigenvalue weighted by Crippen LogP contribution is 2.51. The fraction of sp³-hybridized carbons (Fsp3) is 0.222. The molecule has 0 radical (unpaired) electrons. The molecule has 0 unspecified atom stereocenters. The van der Waals surface area contributed by atoms with Gasteiger partial charge < -0.3 is 5.32 Å². The van der Waals surface area contributed by atoms with Gasteiger partial charge in [0.1, 0.15) is 0 Å². The highest BCUT2D eigenvalue weighted by atomic mass is 35.5. The van der Waals surface area contributed by atoms with E-state index in [-0.39, 0.29) is 11.7 Å². The van der Waals surface area contributed by atoms with Crippen LogP contribution in [-0.2, 0) is 14.6 Å². The van der Waals surface area contributed by atoms with Gasteiger partial charge in [-0.05, 0) is 48.9 Å². The highest BCUT2D eigenvalue weighted by Gasteiger charge is 2.63. The number of nitrogens with zero attached hydrogens (tertiary/aromatic N) is 2. The first-order valence-electron chi connectivity index (χ1n) is 8.15. The second-order valence-corrected chi connectivity index (χ2v) is 6.82. The van der Waals surface area contributed by atoms with Crippen LogP contribution in [0.2, 0.25) is 10.0 Å². The molecule has 2 aromatic rings. The number of hydrogen-bond donors (Lipinski definition) is 1. The largest absolute Gasteiger partial charge is 0.373 e. The van der Waals surface area contributed by atoms with Crippen molar-refractivity contribution in [3.8, 4) is 0 Å². The summed E-state index contributed by atoms with van der Waals surface area (Å²) in [6.45, 7) is 1.93. The normalized spacial score (nSPS) is 16.9. The third kappa shape index (κ3) is 2.95. The first-order valence-corrected chi connectivity index (χ1v) is 8.90. The zero-order valence-corrected chi connectivity index (χ0v) is 15.3. The Morgan fingerprint density at radius 3 is 2.50 bits per heavy atom. The van der Waals surface area contributed by atoms with Gasteiger partial charge in [-0.25, -0.2) is 4.99 Å². The zero-order chi connectivity index (χ0) is 18.3. The van der Waals surface area contributed by atoms with Crippen molar-refractivity contribution in [2.24, 2.45) is 4.99 Å². The average molecular weight is 392 g/mol. The van der Waals surface area contributed by atoms with Crippen molar-refractivity contribution in [1.29, 1.82) is 0 Å². The van der Waals surface area contributed by atoms with Crippen LogP contribution in [0.3, 0.4) is 0 Å². The Morgan fingerprint density at radius 1 is 1.15 bits per heavy atom. The van der Waals surface area contributed by atoms with E-state index in [4.69, 9.17) is 33.0 Å². The third-order valence-corrected chi connectivity index (χ3v) is 4.55. The van der Waals surface area contributed by atoms with Gasteiger partial charge in [0.05, 0.1) is 11.4 Å². The zero-order valence-electron chi connectivity index (χ0n) is 13.8. The number of amides is 1. The summed E-state index contributed by atoms with van der Waals surface area (Å²) in [5, 5.41) is 3.94. The Hall–Kier alpha value is -2.12. The van der Waals surface area contributed by atoms with Crippen LogP contribution in [0.4, 0.5) is 17.1 Å². The molecule has 0 saturated carbocycles. The lowest BCUT2D eigenvalue weighted by Gasteiger charge is -2.33. The van der Waals surface area contributed by atoms with Crippen molar-refractivity contribution >= 4 is 52.0 Å². The van der Waals surface area contributed by atoms with Crippen LogP contribution in [0.15, 0.2) is 47.5 Å². The van der Waals surface area contributed by atoms with Crippen LogP contribution in [-0.4, -0.2) is 17.7 Å². The van der Waals surface area contributed by atoms with Gasteiger partial charge in [-0.3, -0.25) is 9.69 Å². The molecule has 1 saturated heterocycles. The molecule has 1 fully saturated rings. The van der Waals surface area contributed by atoms with Crippen LogP contribution in [0, 0.1) is 0 Å². The average Bonchev–Trinajstić information content (AvgIpc) is 3.39. The third-order valence-electron chi connectivity index (χ3n) is 4.07. The SMILES string of the molecule is CCCC(=O)NC1=Nc2cc(Cl)ccc2N(c2ccc(Cl)cc2)C12OO2. The van der Waals surface area contributed by atoms with E-state index in [9.17, 15) is 4.79 Å². The number of amidine groups is 1. The summed E-state index contributed by atoms with van der Waals surface area (Å²) < 4.78 is 0. The second kappa shape index (κ2) is 6.55. The van der Waals surface area contributed by atoms with Crippen LogP contribution in [0.1, 0.15) is 19.8 Å². The van der Waals surface area contributed by atoms with E-state index in [0.29, 0.717) is 22.2 Å². The maximum absolute atomic E-state index is 12.1.